The lowest BCUT2D eigenvalue weighted by Gasteiger charge is -2.14. The topological polar surface area (TPSA) is 86.2 Å². The Morgan fingerprint density at radius 1 is 1.13 bits per heavy atom. The molecule has 0 radical (unpaired) electrons. The first kappa shape index (κ1) is 20.0. The van der Waals surface area contributed by atoms with E-state index in [9.17, 15) is 14.4 Å². The van der Waals surface area contributed by atoms with Gasteiger partial charge in [0.1, 0.15) is 17.6 Å². The minimum atomic E-state index is -0.540. The molecule has 0 atom stereocenters. The smallest absolute Gasteiger partial charge is 0.332 e. The summed E-state index contributed by atoms with van der Waals surface area (Å²) in [5.41, 5.74) is 0.512. The maximum absolute atomic E-state index is 13.2. The number of anilines is 1. The quantitative estimate of drug-likeness (QED) is 0.493. The molecular weight excluding hydrogens is 402 g/mol. The van der Waals surface area contributed by atoms with Crippen LogP contribution in [-0.4, -0.2) is 21.3 Å². The van der Waals surface area contributed by atoms with Crippen LogP contribution >= 0.6 is 11.8 Å². The number of benzene rings is 2. The zero-order chi connectivity index (χ0) is 21.4. The third kappa shape index (κ3) is 3.43. The minimum absolute atomic E-state index is 0.0710. The largest absolute Gasteiger partial charge is 0.449 e. The highest BCUT2D eigenvalue weighted by Gasteiger charge is 2.22. The summed E-state index contributed by atoms with van der Waals surface area (Å²) in [5, 5.41) is 3.45. The Morgan fingerprint density at radius 3 is 2.63 bits per heavy atom. The van der Waals surface area contributed by atoms with E-state index in [2.05, 4.69) is 5.32 Å². The van der Waals surface area contributed by atoms with Crippen LogP contribution in [0.4, 0.5) is 5.69 Å². The van der Waals surface area contributed by atoms with Crippen LogP contribution < -0.4 is 16.6 Å². The Labute approximate surface area is 176 Å². The number of aromatic nitrogens is 2. The molecule has 2 heterocycles. The van der Waals surface area contributed by atoms with E-state index < -0.39 is 11.2 Å². The first-order valence-electron chi connectivity index (χ1n) is 9.51. The number of hydrogen-bond acceptors (Lipinski definition) is 5. The molecule has 0 fully saturated rings. The van der Waals surface area contributed by atoms with Crippen LogP contribution in [0.2, 0.25) is 0 Å². The molecule has 0 aliphatic carbocycles. The second-order valence-electron chi connectivity index (χ2n) is 7.19. The van der Waals surface area contributed by atoms with Crippen molar-refractivity contribution in [3.8, 4) is 0 Å². The predicted molar refractivity (Wildman–Crippen MR) is 119 cm³/mol. The number of rotatable bonds is 5. The summed E-state index contributed by atoms with van der Waals surface area (Å²) < 4.78 is 8.21. The fourth-order valence-corrected chi connectivity index (χ4v) is 3.97. The van der Waals surface area contributed by atoms with E-state index in [-0.39, 0.29) is 24.1 Å². The molecule has 0 aliphatic heterocycles. The molecule has 0 unspecified atom stereocenters. The van der Waals surface area contributed by atoms with Gasteiger partial charge in [-0.15, -0.1) is 11.8 Å². The van der Waals surface area contributed by atoms with Crippen molar-refractivity contribution in [3.05, 3.63) is 69.4 Å². The van der Waals surface area contributed by atoms with Gasteiger partial charge in [-0.2, -0.15) is 0 Å². The van der Waals surface area contributed by atoms with E-state index in [1.165, 1.54) is 4.57 Å². The van der Waals surface area contributed by atoms with Crippen LogP contribution in [0.25, 0.3) is 22.1 Å². The fraction of sp³-hybridized carbons (Fsp3) is 0.227. The number of carbonyl (C=O) groups is 1. The first-order chi connectivity index (χ1) is 14.4. The molecule has 0 aliphatic rings. The van der Waals surface area contributed by atoms with Crippen molar-refractivity contribution in [2.45, 2.75) is 31.3 Å². The number of furan rings is 1. The molecule has 1 amide bonds. The summed E-state index contributed by atoms with van der Waals surface area (Å²) >= 11 is 1.57. The summed E-state index contributed by atoms with van der Waals surface area (Å²) in [4.78, 5) is 39.9. The van der Waals surface area contributed by atoms with Crippen LogP contribution in [-0.2, 0) is 11.3 Å². The molecule has 1 N–H and O–H groups in total. The zero-order valence-electron chi connectivity index (χ0n) is 16.8. The zero-order valence-corrected chi connectivity index (χ0v) is 17.7. The third-order valence-corrected chi connectivity index (χ3v) is 5.59. The number of hydrogen-bond donors (Lipinski definition) is 1. The average molecular weight is 423 g/mol. The van der Waals surface area contributed by atoms with Crippen LogP contribution in [0, 0.1) is 0 Å². The maximum atomic E-state index is 13.2. The minimum Gasteiger partial charge on any atom is -0.449 e. The van der Waals surface area contributed by atoms with Crippen molar-refractivity contribution in [2.24, 2.45) is 0 Å². The van der Waals surface area contributed by atoms with Gasteiger partial charge in [-0.05, 0) is 50.4 Å². The molecule has 2 aromatic heterocycles. The maximum Gasteiger partial charge on any atom is 0.332 e. The molecule has 30 heavy (non-hydrogen) atoms. The van der Waals surface area contributed by atoms with E-state index in [0.29, 0.717) is 22.2 Å². The second-order valence-corrected chi connectivity index (χ2v) is 8.07. The number of thioether (sulfide) groups is 1. The Hall–Kier alpha value is -3.26. The fourth-order valence-electron chi connectivity index (χ4n) is 3.51. The highest BCUT2D eigenvalue weighted by molar-refractivity contribution is 7.98. The van der Waals surface area contributed by atoms with Crippen molar-refractivity contribution in [3.63, 3.8) is 0 Å². The van der Waals surface area contributed by atoms with Gasteiger partial charge >= 0.3 is 5.69 Å². The van der Waals surface area contributed by atoms with Crippen molar-refractivity contribution in [1.82, 2.24) is 9.13 Å². The summed E-state index contributed by atoms with van der Waals surface area (Å²) in [5.74, 6) is -0.365. The lowest BCUT2D eigenvalue weighted by Crippen LogP contribution is -2.42. The number of amides is 1. The number of nitrogens with one attached hydrogen (secondary N) is 1. The Balaban J connectivity index is 1.85. The molecule has 0 spiro atoms. The van der Waals surface area contributed by atoms with Crippen molar-refractivity contribution in [2.75, 3.05) is 11.6 Å². The lowest BCUT2D eigenvalue weighted by molar-refractivity contribution is -0.116. The van der Waals surface area contributed by atoms with Crippen molar-refractivity contribution < 1.29 is 9.21 Å². The number of fused-ring (bicyclic) bond motifs is 3. The van der Waals surface area contributed by atoms with Crippen LogP contribution in [0.3, 0.4) is 0 Å². The summed E-state index contributed by atoms with van der Waals surface area (Å²) in [6.07, 6.45) is 1.95. The van der Waals surface area contributed by atoms with Crippen LogP contribution in [0.15, 0.2) is 67.4 Å². The molecule has 0 saturated heterocycles. The molecule has 4 rings (SSSR count). The SMILES string of the molecule is CSc1cccc(NC(=O)Cn2c(=O)n(C(C)C)c(=O)c3oc4ccccc4c32)c1. The van der Waals surface area contributed by atoms with Gasteiger partial charge in [0.15, 0.2) is 0 Å². The molecule has 2 aromatic carbocycles. The van der Waals surface area contributed by atoms with Gasteiger partial charge in [0, 0.05) is 22.0 Å². The molecule has 4 aromatic rings. The standard InChI is InChI=1S/C22H21N3O4S/c1-13(2)25-21(27)20-19(16-9-4-5-10-17(16)29-20)24(22(25)28)12-18(26)23-14-7-6-8-15(11-14)30-3/h4-11,13H,12H2,1-3H3,(H,23,26). The van der Waals surface area contributed by atoms with Crippen LogP contribution in [0.1, 0.15) is 19.9 Å². The van der Waals surface area contributed by atoms with E-state index >= 15 is 0 Å². The Morgan fingerprint density at radius 2 is 1.90 bits per heavy atom. The van der Waals surface area contributed by atoms with Gasteiger partial charge in [0.05, 0.1) is 0 Å². The highest BCUT2D eigenvalue weighted by atomic mass is 32.2. The van der Waals surface area contributed by atoms with Gasteiger partial charge in [0.2, 0.25) is 11.5 Å². The Kier molecular flexibility index (Phi) is 5.26. The lowest BCUT2D eigenvalue weighted by atomic mass is 10.2. The van der Waals surface area contributed by atoms with E-state index in [0.717, 1.165) is 9.46 Å². The van der Waals surface area contributed by atoms with Gasteiger partial charge in [-0.1, -0.05) is 18.2 Å². The average Bonchev–Trinajstić information content (AvgIpc) is 3.11. The normalized spacial score (nSPS) is 11.5. The number of para-hydroxylation sites is 1. The summed E-state index contributed by atoms with van der Waals surface area (Å²) in [7, 11) is 0. The first-order valence-corrected chi connectivity index (χ1v) is 10.7. The second kappa shape index (κ2) is 7.87. The van der Waals surface area contributed by atoms with Gasteiger partial charge in [-0.25, -0.2) is 4.79 Å². The highest BCUT2D eigenvalue weighted by Crippen LogP contribution is 2.26. The summed E-state index contributed by atoms with van der Waals surface area (Å²) in [6.45, 7) is 3.25. The van der Waals surface area contributed by atoms with Gasteiger partial charge < -0.3 is 9.73 Å². The third-order valence-electron chi connectivity index (χ3n) is 4.86. The number of nitrogens with zero attached hydrogens (tertiary/aromatic N) is 2. The van der Waals surface area contributed by atoms with Gasteiger partial charge in [0.25, 0.3) is 5.56 Å². The molecule has 7 nitrogen and oxygen atoms in total. The Bertz CT molecular complexity index is 1380. The van der Waals surface area contributed by atoms with Crippen LogP contribution in [0.5, 0.6) is 0 Å². The van der Waals surface area contributed by atoms with Gasteiger partial charge in [-0.3, -0.25) is 18.7 Å². The van der Waals surface area contributed by atoms with E-state index in [1.807, 2.05) is 24.5 Å². The molecular formula is C22H21N3O4S. The predicted octanol–water partition coefficient (Wildman–Crippen LogP) is 3.85. The molecule has 0 saturated carbocycles. The molecule has 154 valence electrons. The van der Waals surface area contributed by atoms with Crippen molar-refractivity contribution in [1.29, 1.82) is 0 Å². The van der Waals surface area contributed by atoms with E-state index in [1.54, 1.807) is 55.9 Å². The monoisotopic (exact) mass is 423 g/mol. The number of carbonyl (C=O) groups excluding carboxylic acids is 1. The van der Waals surface area contributed by atoms with Crippen molar-refractivity contribution >= 4 is 45.4 Å². The molecule has 0 bridgehead atoms. The summed E-state index contributed by atoms with van der Waals surface area (Å²) in [6, 6.07) is 14.2. The molecule has 8 heteroatoms. The van der Waals surface area contributed by atoms with E-state index in [4.69, 9.17) is 4.42 Å².